The summed E-state index contributed by atoms with van der Waals surface area (Å²) >= 11 is 0. The zero-order valence-corrected chi connectivity index (χ0v) is 19.0. The van der Waals surface area contributed by atoms with Crippen molar-refractivity contribution in [2.45, 2.75) is 36.9 Å². The summed E-state index contributed by atoms with van der Waals surface area (Å²) < 4.78 is 0. The minimum absolute atomic E-state index is 0. The average molecular weight is 472 g/mol. The van der Waals surface area contributed by atoms with Gasteiger partial charge in [-0.05, 0) is 0 Å². The Morgan fingerprint density at radius 2 is 0.679 bits per heavy atom. The largest absolute Gasteiger partial charge is 1.00 e. The number of carboxylic acid groups (broad SMARTS) is 6. The van der Waals surface area contributed by atoms with Crippen LogP contribution in [0.4, 0.5) is 0 Å². The van der Waals surface area contributed by atoms with E-state index in [2.05, 4.69) is 0 Å². The molecule has 0 bridgehead atoms. The molecule has 0 saturated carbocycles. The van der Waals surface area contributed by atoms with Gasteiger partial charge in [0.05, 0.1) is 25.7 Å². The van der Waals surface area contributed by atoms with Gasteiger partial charge >= 0.3 is 87.2 Å². The predicted octanol–water partition coefficient (Wildman–Crippen LogP) is -5.38. The second-order valence-corrected chi connectivity index (χ2v) is 4.96. The Hall–Kier alpha value is -0.909. The number of carboxylic acids is 6. The standard InChI is InChI=1S/2C6H8O7.K.Ti.H/c2*7-3(8)1-6(13,5(11)12)2-4(9)10;;;/h2*13H,1-2H2,(H,7,8)(H,9,10)(H,11,12);;;/q;;+1;;-1. The van der Waals surface area contributed by atoms with Crippen LogP contribution in [0.3, 0.4) is 0 Å². The molecule has 0 amide bonds. The molecule has 0 radical (unpaired) electrons. The molecule has 28 heavy (non-hydrogen) atoms. The van der Waals surface area contributed by atoms with Gasteiger partial charge in [-0.15, -0.1) is 0 Å². The first kappa shape index (κ1) is 34.6. The minimum atomic E-state index is -2.74. The fourth-order valence-corrected chi connectivity index (χ4v) is 1.43. The zero-order valence-electron chi connectivity index (χ0n) is 15.4. The molecule has 0 saturated heterocycles. The molecule has 16 heteroatoms. The average Bonchev–Trinajstić information content (AvgIpc) is 2.34. The third-order valence-electron chi connectivity index (χ3n) is 2.57. The van der Waals surface area contributed by atoms with Gasteiger partial charge in [-0.1, -0.05) is 0 Å². The summed E-state index contributed by atoms with van der Waals surface area (Å²) in [4.78, 5) is 61.0. The summed E-state index contributed by atoms with van der Waals surface area (Å²) in [5, 5.41) is 67.6. The second kappa shape index (κ2) is 15.0. The summed E-state index contributed by atoms with van der Waals surface area (Å²) in [6.45, 7) is 0. The molecule has 0 rings (SSSR count). The first-order chi connectivity index (χ1) is 11.6. The summed E-state index contributed by atoms with van der Waals surface area (Å²) in [6, 6.07) is 0. The fourth-order valence-electron chi connectivity index (χ4n) is 1.43. The van der Waals surface area contributed by atoms with Crippen molar-refractivity contribution in [3.8, 4) is 0 Å². The Kier molecular flexibility index (Phi) is 18.5. The van der Waals surface area contributed by atoms with Crippen molar-refractivity contribution in [2.24, 2.45) is 0 Å². The van der Waals surface area contributed by atoms with E-state index in [1.54, 1.807) is 0 Å². The second-order valence-electron chi connectivity index (χ2n) is 4.96. The Balaban J connectivity index is -0.000000120. The van der Waals surface area contributed by atoms with Gasteiger partial charge in [-0.3, -0.25) is 19.2 Å². The number of aliphatic carboxylic acids is 6. The van der Waals surface area contributed by atoms with Crippen LogP contribution in [-0.4, -0.2) is 87.9 Å². The molecule has 0 heterocycles. The van der Waals surface area contributed by atoms with Crippen LogP contribution in [0, 0.1) is 0 Å². The van der Waals surface area contributed by atoms with Crippen LogP contribution in [0.1, 0.15) is 27.1 Å². The van der Waals surface area contributed by atoms with Gasteiger partial charge in [0.1, 0.15) is 0 Å². The molecule has 0 spiro atoms. The van der Waals surface area contributed by atoms with Gasteiger partial charge < -0.3 is 42.3 Å². The molecular formula is C12H17KO14Ti. The summed E-state index contributed by atoms with van der Waals surface area (Å²) in [5.41, 5.74) is -5.48. The van der Waals surface area contributed by atoms with E-state index in [0.717, 1.165) is 0 Å². The van der Waals surface area contributed by atoms with E-state index < -0.39 is 72.7 Å². The van der Waals surface area contributed by atoms with Gasteiger partial charge in [0.25, 0.3) is 0 Å². The van der Waals surface area contributed by atoms with E-state index in [1.165, 1.54) is 0 Å². The quantitative estimate of drug-likeness (QED) is 0.138. The van der Waals surface area contributed by atoms with Crippen molar-refractivity contribution in [3.05, 3.63) is 0 Å². The van der Waals surface area contributed by atoms with E-state index in [-0.39, 0.29) is 74.5 Å². The molecular weight excluding hydrogens is 455 g/mol. The number of carbonyl (C=O) groups is 6. The van der Waals surface area contributed by atoms with Crippen molar-refractivity contribution >= 4 is 35.8 Å². The smallest absolute Gasteiger partial charge is 1.00 e. The maximum atomic E-state index is 10.3. The maximum Gasteiger partial charge on any atom is 1.00 e. The minimum Gasteiger partial charge on any atom is -1.00 e. The van der Waals surface area contributed by atoms with Crippen molar-refractivity contribution in [2.75, 3.05) is 0 Å². The van der Waals surface area contributed by atoms with Gasteiger partial charge in [0, 0.05) is 21.7 Å². The fraction of sp³-hybridized carbons (Fsp3) is 0.500. The van der Waals surface area contributed by atoms with E-state index >= 15 is 0 Å². The number of rotatable bonds is 10. The molecule has 0 aliphatic heterocycles. The molecule has 0 atom stereocenters. The van der Waals surface area contributed by atoms with Crippen LogP contribution in [0.2, 0.25) is 0 Å². The maximum absolute atomic E-state index is 10.3. The summed E-state index contributed by atoms with van der Waals surface area (Å²) in [6.07, 6.45) is -4.58. The topological polar surface area (TPSA) is 264 Å². The van der Waals surface area contributed by atoms with Crippen LogP contribution < -0.4 is 51.4 Å². The Labute approximate surface area is 214 Å². The molecule has 154 valence electrons. The molecule has 0 fully saturated rings. The van der Waals surface area contributed by atoms with Crippen molar-refractivity contribution < 1.29 is 144 Å². The Morgan fingerprint density at radius 3 is 0.750 bits per heavy atom. The van der Waals surface area contributed by atoms with Crippen LogP contribution in [-0.2, 0) is 50.5 Å². The Morgan fingerprint density at radius 1 is 0.536 bits per heavy atom. The van der Waals surface area contributed by atoms with Crippen LogP contribution in [0.5, 0.6) is 0 Å². The Bertz CT molecular complexity index is 525. The third-order valence-corrected chi connectivity index (χ3v) is 2.57. The predicted molar refractivity (Wildman–Crippen MR) is 75.3 cm³/mol. The first-order valence-corrected chi connectivity index (χ1v) is 6.34. The normalized spacial score (nSPS) is 10.1. The first-order valence-electron chi connectivity index (χ1n) is 6.34. The summed E-state index contributed by atoms with van der Waals surface area (Å²) in [5.74, 6) is -10.0. The van der Waals surface area contributed by atoms with Gasteiger partial charge in [-0.2, -0.15) is 0 Å². The number of hydrogen-bond donors (Lipinski definition) is 8. The SMILES string of the molecule is O=C(O)CC(O)(CC(=O)O)C(=O)O.O=C(O)CC(O)(CC(=O)O)C(=O)O.[H-].[K+].[Ti]. The van der Waals surface area contributed by atoms with Gasteiger partial charge in [0.2, 0.25) is 0 Å². The van der Waals surface area contributed by atoms with Gasteiger partial charge in [0.15, 0.2) is 11.2 Å². The monoisotopic (exact) mass is 472 g/mol. The van der Waals surface area contributed by atoms with Crippen molar-refractivity contribution in [3.63, 3.8) is 0 Å². The number of hydrogen-bond acceptors (Lipinski definition) is 8. The van der Waals surface area contributed by atoms with Crippen molar-refractivity contribution in [1.82, 2.24) is 0 Å². The molecule has 0 aliphatic rings. The molecule has 8 N–H and O–H groups in total. The van der Waals surface area contributed by atoms with E-state index in [4.69, 9.17) is 40.9 Å². The van der Waals surface area contributed by atoms with Crippen LogP contribution in [0.25, 0.3) is 0 Å². The van der Waals surface area contributed by atoms with E-state index in [0.29, 0.717) is 0 Å². The van der Waals surface area contributed by atoms with E-state index in [9.17, 15) is 28.8 Å². The third kappa shape index (κ3) is 15.1. The van der Waals surface area contributed by atoms with Crippen LogP contribution in [0.15, 0.2) is 0 Å². The molecule has 14 nitrogen and oxygen atoms in total. The molecule has 0 aromatic carbocycles. The van der Waals surface area contributed by atoms with Gasteiger partial charge in [-0.25, -0.2) is 9.59 Å². The molecule has 0 unspecified atom stereocenters. The van der Waals surface area contributed by atoms with E-state index in [1.807, 2.05) is 0 Å². The van der Waals surface area contributed by atoms with Crippen LogP contribution >= 0.6 is 0 Å². The number of aliphatic hydroxyl groups is 2. The zero-order chi connectivity index (χ0) is 21.3. The summed E-state index contributed by atoms with van der Waals surface area (Å²) in [7, 11) is 0. The molecule has 0 aliphatic carbocycles. The molecule has 0 aromatic rings. The molecule has 0 aromatic heterocycles. The van der Waals surface area contributed by atoms with Crippen molar-refractivity contribution in [1.29, 1.82) is 0 Å².